The van der Waals surface area contributed by atoms with Crippen molar-refractivity contribution in [3.63, 3.8) is 0 Å². The van der Waals surface area contributed by atoms with Crippen LogP contribution in [0, 0.1) is 0 Å². The van der Waals surface area contributed by atoms with Crippen molar-refractivity contribution in [3.8, 4) is 11.5 Å². The van der Waals surface area contributed by atoms with Crippen molar-refractivity contribution in [2.24, 2.45) is 0 Å². The lowest BCUT2D eigenvalue weighted by Crippen LogP contribution is -2.18. The summed E-state index contributed by atoms with van der Waals surface area (Å²) >= 11 is 17.5. The fourth-order valence-electron chi connectivity index (χ4n) is 2.61. The lowest BCUT2D eigenvalue weighted by atomic mass is 10.2. The van der Waals surface area contributed by atoms with Crippen molar-refractivity contribution in [2.75, 3.05) is 17.4 Å². The first-order valence-corrected chi connectivity index (χ1v) is 9.17. The summed E-state index contributed by atoms with van der Waals surface area (Å²) in [6, 6.07) is 10.9. The zero-order valence-electron chi connectivity index (χ0n) is 13.9. The number of benzene rings is 2. The van der Waals surface area contributed by atoms with E-state index < -0.39 is 0 Å². The van der Waals surface area contributed by atoms with Crippen molar-refractivity contribution < 1.29 is 9.47 Å². The highest BCUT2D eigenvalue weighted by atomic mass is 35.5. The molecule has 3 aromatic rings. The van der Waals surface area contributed by atoms with E-state index in [1.165, 1.54) is 0 Å². The molecule has 2 aromatic carbocycles. The largest absolute Gasteiger partial charge is 0.454 e. The second-order valence-corrected chi connectivity index (χ2v) is 7.06. The maximum absolute atomic E-state index is 6.21. The first-order chi connectivity index (χ1) is 13.1. The third kappa shape index (κ3) is 4.27. The molecule has 9 heteroatoms. The van der Waals surface area contributed by atoms with Crippen LogP contribution in [0.15, 0.2) is 48.8 Å². The number of ether oxygens (including phenoxy) is 2. The standard InChI is InChI=1S/C18H14Cl2N4O2S/c19-12-2-1-11(15(20)5-12)8-24-9-14(7-21-24)23-18(27)22-13-3-4-16-17(6-13)26-10-25-16/h1-7,9H,8,10H2,(H2,22,23,27). The van der Waals surface area contributed by atoms with E-state index >= 15 is 0 Å². The van der Waals surface area contributed by atoms with Gasteiger partial charge in [-0.2, -0.15) is 5.10 Å². The maximum atomic E-state index is 6.21. The number of anilines is 2. The van der Waals surface area contributed by atoms with Gasteiger partial charge in [-0.25, -0.2) is 0 Å². The molecule has 6 nitrogen and oxygen atoms in total. The highest BCUT2D eigenvalue weighted by molar-refractivity contribution is 7.80. The molecule has 0 saturated heterocycles. The van der Waals surface area contributed by atoms with Crippen molar-refractivity contribution in [1.82, 2.24) is 9.78 Å². The number of halogens is 2. The second kappa shape index (κ2) is 7.64. The summed E-state index contributed by atoms with van der Waals surface area (Å²) in [6.07, 6.45) is 3.54. The lowest BCUT2D eigenvalue weighted by Gasteiger charge is -2.09. The number of fused-ring (bicyclic) bond motifs is 1. The van der Waals surface area contributed by atoms with E-state index in [1.54, 1.807) is 23.0 Å². The molecule has 1 aromatic heterocycles. The summed E-state index contributed by atoms with van der Waals surface area (Å²) in [7, 11) is 0. The molecule has 0 aliphatic carbocycles. The number of nitrogens with one attached hydrogen (secondary N) is 2. The van der Waals surface area contributed by atoms with Crippen LogP contribution in [-0.4, -0.2) is 21.7 Å². The number of aromatic nitrogens is 2. The van der Waals surface area contributed by atoms with Crippen LogP contribution in [0.4, 0.5) is 11.4 Å². The molecule has 0 amide bonds. The smallest absolute Gasteiger partial charge is 0.231 e. The Hall–Kier alpha value is -2.48. The fourth-order valence-corrected chi connectivity index (χ4v) is 3.31. The lowest BCUT2D eigenvalue weighted by molar-refractivity contribution is 0.174. The van der Waals surface area contributed by atoms with Crippen LogP contribution in [-0.2, 0) is 6.54 Å². The Kier molecular flexibility index (Phi) is 5.07. The summed E-state index contributed by atoms with van der Waals surface area (Å²) in [6.45, 7) is 0.762. The minimum atomic E-state index is 0.234. The summed E-state index contributed by atoms with van der Waals surface area (Å²) in [5.41, 5.74) is 2.49. The third-order valence-corrected chi connectivity index (χ3v) is 4.66. The summed E-state index contributed by atoms with van der Waals surface area (Å²) in [5, 5.41) is 12.2. The van der Waals surface area contributed by atoms with Gasteiger partial charge < -0.3 is 20.1 Å². The molecular weight excluding hydrogens is 407 g/mol. The van der Waals surface area contributed by atoms with Crippen molar-refractivity contribution >= 4 is 51.9 Å². The molecule has 0 saturated carbocycles. The SMILES string of the molecule is S=C(Nc1ccc2c(c1)OCO2)Nc1cnn(Cc2ccc(Cl)cc2Cl)c1. The van der Waals surface area contributed by atoms with Gasteiger partial charge in [0.1, 0.15) is 0 Å². The first kappa shape index (κ1) is 17.9. The van der Waals surface area contributed by atoms with Crippen LogP contribution in [0.3, 0.4) is 0 Å². The molecule has 0 unspecified atom stereocenters. The average Bonchev–Trinajstić information content (AvgIpc) is 3.26. The number of thiocarbonyl (C=S) groups is 1. The minimum absolute atomic E-state index is 0.234. The topological polar surface area (TPSA) is 60.3 Å². The zero-order valence-corrected chi connectivity index (χ0v) is 16.2. The first-order valence-electron chi connectivity index (χ1n) is 8.01. The van der Waals surface area contributed by atoms with Crippen LogP contribution in [0.25, 0.3) is 0 Å². The van der Waals surface area contributed by atoms with Gasteiger partial charge >= 0.3 is 0 Å². The van der Waals surface area contributed by atoms with Gasteiger partial charge in [0.05, 0.1) is 18.4 Å². The second-order valence-electron chi connectivity index (χ2n) is 5.81. The van der Waals surface area contributed by atoms with Crippen LogP contribution >= 0.6 is 35.4 Å². The van der Waals surface area contributed by atoms with Gasteiger partial charge in [0.2, 0.25) is 6.79 Å². The van der Waals surface area contributed by atoms with E-state index in [0.29, 0.717) is 27.5 Å². The van der Waals surface area contributed by atoms with Gasteiger partial charge in [0.25, 0.3) is 0 Å². The molecule has 0 bridgehead atoms. The van der Waals surface area contributed by atoms with Crippen molar-refractivity contribution in [1.29, 1.82) is 0 Å². The van der Waals surface area contributed by atoms with E-state index in [4.69, 9.17) is 44.9 Å². The normalized spacial score (nSPS) is 12.1. The molecule has 138 valence electrons. The summed E-state index contributed by atoms with van der Waals surface area (Å²) in [4.78, 5) is 0. The molecule has 4 rings (SSSR count). The molecule has 0 atom stereocenters. The average molecular weight is 421 g/mol. The van der Waals surface area contributed by atoms with Gasteiger partial charge in [-0.15, -0.1) is 0 Å². The Bertz CT molecular complexity index is 1010. The Morgan fingerprint density at radius 1 is 1.07 bits per heavy atom. The Labute approximate surface area is 171 Å². The van der Waals surface area contributed by atoms with E-state index in [9.17, 15) is 0 Å². The van der Waals surface area contributed by atoms with Crippen LogP contribution in [0.1, 0.15) is 5.56 Å². The Morgan fingerprint density at radius 3 is 2.74 bits per heavy atom. The molecular formula is C18H14Cl2N4O2S. The molecule has 2 heterocycles. The Morgan fingerprint density at radius 2 is 1.89 bits per heavy atom. The van der Waals surface area contributed by atoms with Gasteiger partial charge in [0, 0.05) is 28.0 Å². The fraction of sp³-hybridized carbons (Fsp3) is 0.111. The van der Waals surface area contributed by atoms with Gasteiger partial charge in [-0.1, -0.05) is 29.3 Å². The highest BCUT2D eigenvalue weighted by Gasteiger charge is 2.13. The number of rotatable bonds is 4. The number of hydrogen-bond donors (Lipinski definition) is 2. The van der Waals surface area contributed by atoms with Crippen LogP contribution < -0.4 is 20.1 Å². The zero-order chi connectivity index (χ0) is 18.8. The number of nitrogens with zero attached hydrogens (tertiary/aromatic N) is 2. The number of hydrogen-bond acceptors (Lipinski definition) is 4. The van der Waals surface area contributed by atoms with E-state index in [2.05, 4.69) is 15.7 Å². The Balaban J connectivity index is 1.38. The molecule has 1 aliphatic heterocycles. The predicted octanol–water partition coefficient (Wildman–Crippen LogP) is 4.78. The van der Waals surface area contributed by atoms with Crippen LogP contribution in [0.2, 0.25) is 10.0 Å². The maximum Gasteiger partial charge on any atom is 0.231 e. The summed E-state index contributed by atoms with van der Waals surface area (Å²) < 4.78 is 12.4. The summed E-state index contributed by atoms with van der Waals surface area (Å²) in [5.74, 6) is 1.41. The van der Waals surface area contributed by atoms with E-state index in [1.807, 2.05) is 30.5 Å². The van der Waals surface area contributed by atoms with Crippen LogP contribution in [0.5, 0.6) is 11.5 Å². The monoisotopic (exact) mass is 420 g/mol. The molecule has 1 aliphatic rings. The van der Waals surface area contributed by atoms with Crippen molar-refractivity contribution in [2.45, 2.75) is 6.54 Å². The van der Waals surface area contributed by atoms with Crippen molar-refractivity contribution in [3.05, 3.63) is 64.4 Å². The van der Waals surface area contributed by atoms with E-state index in [-0.39, 0.29) is 6.79 Å². The molecule has 0 fully saturated rings. The quantitative estimate of drug-likeness (QED) is 0.592. The van der Waals surface area contributed by atoms with Gasteiger partial charge in [-0.05, 0) is 42.0 Å². The predicted molar refractivity (Wildman–Crippen MR) is 110 cm³/mol. The van der Waals surface area contributed by atoms with Gasteiger partial charge in [-0.3, -0.25) is 4.68 Å². The highest BCUT2D eigenvalue weighted by Crippen LogP contribution is 2.34. The molecule has 0 radical (unpaired) electrons. The molecule has 2 N–H and O–H groups in total. The minimum Gasteiger partial charge on any atom is -0.454 e. The third-order valence-electron chi connectivity index (χ3n) is 3.87. The van der Waals surface area contributed by atoms with Gasteiger partial charge in [0.15, 0.2) is 16.6 Å². The van der Waals surface area contributed by atoms with E-state index in [0.717, 1.165) is 22.7 Å². The molecule has 0 spiro atoms. The molecule has 27 heavy (non-hydrogen) atoms.